The van der Waals surface area contributed by atoms with E-state index in [1.807, 2.05) is 30.5 Å². The summed E-state index contributed by atoms with van der Waals surface area (Å²) in [5.74, 6) is 0.955. The Hall–Kier alpha value is -2.36. The van der Waals surface area contributed by atoms with Crippen LogP contribution in [0.4, 0.5) is 5.69 Å². The molecule has 4 nitrogen and oxygen atoms in total. The molecule has 1 aliphatic carbocycles. The van der Waals surface area contributed by atoms with Crippen LogP contribution in [0, 0.1) is 6.92 Å². The summed E-state index contributed by atoms with van der Waals surface area (Å²) in [6.07, 6.45) is 4.22. The molecule has 1 saturated carbocycles. The first-order chi connectivity index (χ1) is 9.75. The first-order valence-corrected chi connectivity index (χ1v) is 6.94. The van der Waals surface area contributed by atoms with E-state index in [9.17, 15) is 0 Å². The van der Waals surface area contributed by atoms with Crippen molar-refractivity contribution in [3.05, 3.63) is 42.1 Å². The molecule has 2 N–H and O–H groups in total. The summed E-state index contributed by atoms with van der Waals surface area (Å²) in [6, 6.07) is 10.5. The molecule has 0 unspecified atom stereocenters. The fourth-order valence-electron chi connectivity index (χ4n) is 2.78. The maximum atomic E-state index is 6.19. The molecule has 0 radical (unpaired) electrons. The minimum absolute atomic E-state index is 0.518. The Kier molecular flexibility index (Phi) is 2.33. The Balaban J connectivity index is 2.07. The van der Waals surface area contributed by atoms with Crippen molar-refractivity contribution in [2.45, 2.75) is 25.8 Å². The van der Waals surface area contributed by atoms with Gasteiger partial charge in [-0.05, 0) is 43.5 Å². The van der Waals surface area contributed by atoms with Gasteiger partial charge in [-0.3, -0.25) is 0 Å². The summed E-state index contributed by atoms with van der Waals surface area (Å²) >= 11 is 0. The Morgan fingerprint density at radius 1 is 1.20 bits per heavy atom. The minimum Gasteiger partial charge on any atom is -0.398 e. The fraction of sp³-hybridized carbons (Fsp3) is 0.250. The van der Waals surface area contributed by atoms with Crippen molar-refractivity contribution in [3.8, 4) is 11.4 Å². The summed E-state index contributed by atoms with van der Waals surface area (Å²) in [4.78, 5) is 9.29. The molecule has 1 fully saturated rings. The Labute approximate surface area is 117 Å². The predicted molar refractivity (Wildman–Crippen MR) is 80.4 cm³/mol. The summed E-state index contributed by atoms with van der Waals surface area (Å²) in [6.45, 7) is 2.08. The molecule has 0 atom stereocenters. The second-order valence-electron chi connectivity index (χ2n) is 5.42. The smallest absolute Gasteiger partial charge is 0.160 e. The van der Waals surface area contributed by atoms with E-state index < -0.39 is 0 Å². The molecule has 4 rings (SSSR count). The van der Waals surface area contributed by atoms with Crippen molar-refractivity contribution in [1.29, 1.82) is 0 Å². The number of hydrogen-bond donors (Lipinski definition) is 1. The number of anilines is 1. The average Bonchev–Trinajstić information content (AvgIpc) is 3.19. The summed E-state index contributed by atoms with van der Waals surface area (Å²) < 4.78 is 2.26. The summed E-state index contributed by atoms with van der Waals surface area (Å²) in [5.41, 5.74) is 11.1. The topological polar surface area (TPSA) is 56.7 Å². The second kappa shape index (κ2) is 4.07. The molecule has 3 aromatic rings. The third-order valence-electron chi connectivity index (χ3n) is 3.89. The molecule has 2 aromatic heterocycles. The molecule has 0 amide bonds. The maximum absolute atomic E-state index is 6.19. The normalized spacial score (nSPS) is 14.8. The second-order valence-corrected chi connectivity index (χ2v) is 5.42. The third kappa shape index (κ3) is 1.61. The number of nitrogens with two attached hydrogens (primary N) is 1. The molecule has 1 aliphatic rings. The van der Waals surface area contributed by atoms with Gasteiger partial charge in [0.25, 0.3) is 0 Å². The van der Waals surface area contributed by atoms with Gasteiger partial charge in [0.1, 0.15) is 11.3 Å². The zero-order chi connectivity index (χ0) is 13.7. The van der Waals surface area contributed by atoms with Gasteiger partial charge in [0.05, 0.1) is 0 Å². The molecular weight excluding hydrogens is 248 g/mol. The van der Waals surface area contributed by atoms with Crippen LogP contribution in [0.5, 0.6) is 0 Å². The van der Waals surface area contributed by atoms with Crippen LogP contribution in [0.3, 0.4) is 0 Å². The lowest BCUT2D eigenvalue weighted by Gasteiger charge is -2.11. The highest BCUT2D eigenvalue weighted by Gasteiger charge is 2.30. The third-order valence-corrected chi connectivity index (χ3v) is 3.89. The van der Waals surface area contributed by atoms with Crippen LogP contribution in [-0.4, -0.2) is 14.5 Å². The van der Waals surface area contributed by atoms with Gasteiger partial charge in [-0.2, -0.15) is 0 Å². The van der Waals surface area contributed by atoms with Crippen LogP contribution in [-0.2, 0) is 0 Å². The highest BCUT2D eigenvalue weighted by atomic mass is 15.2. The number of nitrogens with zero attached hydrogens (tertiary/aromatic N) is 3. The van der Waals surface area contributed by atoms with E-state index in [1.54, 1.807) is 0 Å². The van der Waals surface area contributed by atoms with Crippen LogP contribution in [0.15, 0.2) is 36.5 Å². The number of imidazole rings is 1. The summed E-state index contributed by atoms with van der Waals surface area (Å²) in [7, 11) is 0. The number of aryl methyl sites for hydroxylation is 1. The minimum atomic E-state index is 0.518. The zero-order valence-electron chi connectivity index (χ0n) is 11.4. The first-order valence-electron chi connectivity index (χ1n) is 6.94. The van der Waals surface area contributed by atoms with E-state index in [4.69, 9.17) is 10.7 Å². The standard InChI is InChI=1S/C16H16N4/c1-10-4-2-5-12(17)14(10)16-19-13-6-3-9-18-15(13)20(16)11-7-8-11/h2-6,9,11H,7-8,17H2,1H3. The van der Waals surface area contributed by atoms with E-state index in [0.717, 1.165) is 33.8 Å². The molecule has 0 aliphatic heterocycles. The van der Waals surface area contributed by atoms with Crippen molar-refractivity contribution in [1.82, 2.24) is 14.5 Å². The van der Waals surface area contributed by atoms with Gasteiger partial charge in [-0.1, -0.05) is 12.1 Å². The van der Waals surface area contributed by atoms with Crippen molar-refractivity contribution in [2.24, 2.45) is 0 Å². The van der Waals surface area contributed by atoms with E-state index in [0.29, 0.717) is 6.04 Å². The average molecular weight is 264 g/mol. The van der Waals surface area contributed by atoms with E-state index in [2.05, 4.69) is 22.5 Å². The van der Waals surface area contributed by atoms with Gasteiger partial charge in [0, 0.05) is 23.5 Å². The molecule has 2 heterocycles. The maximum Gasteiger partial charge on any atom is 0.160 e. The van der Waals surface area contributed by atoms with E-state index in [1.165, 1.54) is 12.8 Å². The van der Waals surface area contributed by atoms with Gasteiger partial charge >= 0.3 is 0 Å². The van der Waals surface area contributed by atoms with Crippen LogP contribution in [0.1, 0.15) is 24.4 Å². The lowest BCUT2D eigenvalue weighted by Crippen LogP contribution is -2.02. The van der Waals surface area contributed by atoms with E-state index >= 15 is 0 Å². The Bertz CT molecular complexity index is 779. The molecule has 0 spiro atoms. The molecule has 100 valence electrons. The number of aromatic nitrogens is 3. The SMILES string of the molecule is Cc1cccc(N)c1-c1nc2cccnc2n1C1CC1. The quantitative estimate of drug-likeness (QED) is 0.722. The Morgan fingerprint density at radius 3 is 2.80 bits per heavy atom. The molecule has 0 saturated heterocycles. The number of pyridine rings is 1. The van der Waals surface area contributed by atoms with Crippen LogP contribution < -0.4 is 5.73 Å². The lowest BCUT2D eigenvalue weighted by atomic mass is 10.1. The van der Waals surface area contributed by atoms with Gasteiger partial charge in [0.2, 0.25) is 0 Å². The lowest BCUT2D eigenvalue weighted by molar-refractivity contribution is 0.766. The Morgan fingerprint density at radius 2 is 2.05 bits per heavy atom. The predicted octanol–water partition coefficient (Wildman–Crippen LogP) is 3.32. The molecular formula is C16H16N4. The zero-order valence-corrected chi connectivity index (χ0v) is 11.4. The van der Waals surface area contributed by atoms with Crippen molar-refractivity contribution in [3.63, 3.8) is 0 Å². The highest BCUT2D eigenvalue weighted by molar-refractivity contribution is 5.83. The van der Waals surface area contributed by atoms with Crippen LogP contribution in [0.2, 0.25) is 0 Å². The van der Waals surface area contributed by atoms with Crippen LogP contribution in [0.25, 0.3) is 22.6 Å². The molecule has 4 heteroatoms. The molecule has 1 aromatic carbocycles. The molecule has 0 bridgehead atoms. The largest absolute Gasteiger partial charge is 0.398 e. The van der Waals surface area contributed by atoms with Crippen LogP contribution >= 0.6 is 0 Å². The van der Waals surface area contributed by atoms with Gasteiger partial charge < -0.3 is 10.3 Å². The van der Waals surface area contributed by atoms with Crippen molar-refractivity contribution in [2.75, 3.05) is 5.73 Å². The van der Waals surface area contributed by atoms with Crippen molar-refractivity contribution < 1.29 is 0 Å². The number of fused-ring (bicyclic) bond motifs is 1. The molecule has 20 heavy (non-hydrogen) atoms. The number of hydrogen-bond acceptors (Lipinski definition) is 3. The van der Waals surface area contributed by atoms with Gasteiger partial charge in [-0.25, -0.2) is 9.97 Å². The number of rotatable bonds is 2. The first kappa shape index (κ1) is 11.5. The fourth-order valence-corrected chi connectivity index (χ4v) is 2.78. The monoisotopic (exact) mass is 264 g/mol. The number of nitrogen functional groups attached to an aromatic ring is 1. The van der Waals surface area contributed by atoms with Crippen molar-refractivity contribution >= 4 is 16.9 Å². The van der Waals surface area contributed by atoms with Gasteiger partial charge in [0.15, 0.2) is 5.65 Å². The number of benzene rings is 1. The van der Waals surface area contributed by atoms with Gasteiger partial charge in [-0.15, -0.1) is 0 Å². The highest BCUT2D eigenvalue weighted by Crippen LogP contribution is 2.42. The van der Waals surface area contributed by atoms with E-state index in [-0.39, 0.29) is 0 Å². The summed E-state index contributed by atoms with van der Waals surface area (Å²) in [5, 5.41) is 0.